The van der Waals surface area contributed by atoms with Crippen LogP contribution in [0.1, 0.15) is 129 Å². The van der Waals surface area contributed by atoms with Gasteiger partial charge in [0, 0.05) is 69.1 Å². The first kappa shape index (κ1) is 65.7. The van der Waals surface area contributed by atoms with Crippen molar-refractivity contribution in [3.8, 4) is 0 Å². The van der Waals surface area contributed by atoms with E-state index in [1.54, 1.807) is 103 Å². The van der Waals surface area contributed by atoms with Crippen molar-refractivity contribution in [3.63, 3.8) is 0 Å². The summed E-state index contributed by atoms with van der Waals surface area (Å²) in [4.78, 5) is 108. The number of carbonyl (C=O) groups excluding carboxylic acids is 8. The highest BCUT2D eigenvalue weighted by molar-refractivity contribution is 8.22. The maximum absolute atomic E-state index is 15.3. The highest BCUT2D eigenvalue weighted by Crippen LogP contribution is 2.68. The largest absolute Gasteiger partial charge is 0.455 e. The van der Waals surface area contributed by atoms with Crippen LogP contribution in [-0.2, 0) is 66.7 Å². The quantitative estimate of drug-likeness (QED) is 0.0926. The van der Waals surface area contributed by atoms with E-state index in [-0.39, 0.29) is 61.2 Å². The lowest BCUT2D eigenvalue weighted by Gasteiger charge is -2.68. The first-order valence-corrected chi connectivity index (χ1v) is 30.7. The SMILES string of the molecule is CC(=O)OC1C(=O)[C@]2(C)C(O)CC3OCC3(OC(C)=O)C2C(OC(=O)c2ccccc2)C2(O)CC(O)C(C)=C1C2(C)C.CSC(=S)[C@H]1CC2OCC2(OC(C)=O)C2C(OC(=O)c3ccccc3)C3(O)CC(O)C(C)=C(C(OC(C)=O)C(=O)[C@@]21C)C3(C)C. The van der Waals surface area contributed by atoms with E-state index in [1.807, 2.05) is 0 Å². The summed E-state index contributed by atoms with van der Waals surface area (Å²) >= 11 is 7.12. The number of carbonyl (C=O) groups is 8. The summed E-state index contributed by atoms with van der Waals surface area (Å²) in [5.74, 6) is -9.07. The third-order valence-corrected chi connectivity index (χ3v) is 22.4. The van der Waals surface area contributed by atoms with Crippen molar-refractivity contribution in [3.05, 3.63) is 94.1 Å². The normalized spacial score (nSPS) is 39.3. The predicted molar refractivity (Wildman–Crippen MR) is 313 cm³/mol. The highest BCUT2D eigenvalue weighted by Gasteiger charge is 2.80. The van der Waals surface area contributed by atoms with Gasteiger partial charge < -0.3 is 63.4 Å². The smallest absolute Gasteiger partial charge is 0.338 e. The average molecular weight is 1250 g/mol. The van der Waals surface area contributed by atoms with Crippen LogP contribution in [0.2, 0.25) is 0 Å². The van der Waals surface area contributed by atoms with Crippen molar-refractivity contribution in [2.24, 2.45) is 39.4 Å². The second kappa shape index (κ2) is 22.9. The fraction of sp³-hybridized carbons (Fsp3) is 0.609. The van der Waals surface area contributed by atoms with Crippen molar-refractivity contribution >= 4 is 75.6 Å². The number of benzene rings is 2. The van der Waals surface area contributed by atoms with Gasteiger partial charge in [-0.1, -0.05) is 83.2 Å². The van der Waals surface area contributed by atoms with Gasteiger partial charge >= 0.3 is 35.8 Å². The number of rotatable bonds is 9. The minimum atomic E-state index is -2.11. The number of thiocarbonyl (C=S) groups is 1. The fourth-order valence-corrected chi connectivity index (χ4v) is 17.3. The molecule has 472 valence electrons. The molecule has 4 bridgehead atoms. The predicted octanol–water partition coefficient (Wildman–Crippen LogP) is 5.25. The zero-order valence-electron chi connectivity index (χ0n) is 51.0. The van der Waals surface area contributed by atoms with Crippen molar-refractivity contribution in [2.45, 2.75) is 186 Å². The van der Waals surface area contributed by atoms with Gasteiger partial charge in [-0.3, -0.25) is 28.8 Å². The molecule has 2 aliphatic heterocycles. The van der Waals surface area contributed by atoms with Crippen LogP contribution in [0.4, 0.5) is 0 Å². The van der Waals surface area contributed by atoms with Crippen molar-refractivity contribution in [1.82, 2.24) is 0 Å². The van der Waals surface area contributed by atoms with E-state index in [0.717, 1.165) is 6.92 Å². The van der Waals surface area contributed by atoms with Crippen LogP contribution < -0.4 is 0 Å². The molecule has 0 radical (unpaired) electrons. The number of fused-ring (bicyclic) bond motifs is 10. The van der Waals surface area contributed by atoms with Crippen molar-refractivity contribution in [1.29, 1.82) is 0 Å². The Balaban J connectivity index is 0.000000208. The van der Waals surface area contributed by atoms with Gasteiger partial charge in [-0.25, -0.2) is 9.59 Å². The molecule has 6 aliphatic carbocycles. The summed E-state index contributed by atoms with van der Waals surface area (Å²) in [6.07, 6.45) is -10.6. The highest BCUT2D eigenvalue weighted by atomic mass is 32.2. The molecule has 87 heavy (non-hydrogen) atoms. The van der Waals surface area contributed by atoms with E-state index < -0.39 is 164 Å². The minimum Gasteiger partial charge on any atom is -0.455 e. The van der Waals surface area contributed by atoms with Crippen LogP contribution in [0.25, 0.3) is 0 Å². The molecule has 2 aromatic carbocycles. The Hall–Kier alpha value is -5.76. The Kier molecular flexibility index (Phi) is 17.3. The average Bonchev–Trinajstić information content (AvgIpc) is 0.678. The van der Waals surface area contributed by atoms with E-state index in [9.17, 15) is 59.1 Å². The Morgan fingerprint density at radius 1 is 0.563 bits per heavy atom. The Morgan fingerprint density at radius 3 is 1.28 bits per heavy atom. The molecule has 10 rings (SSSR count). The lowest BCUT2D eigenvalue weighted by molar-refractivity contribution is -0.345. The number of thioether (sulfide) groups is 1. The van der Waals surface area contributed by atoms with Crippen LogP contribution >= 0.6 is 24.0 Å². The van der Waals surface area contributed by atoms with E-state index in [2.05, 4.69) is 0 Å². The lowest BCUT2D eigenvalue weighted by atomic mass is 9.43. The number of ether oxygens (including phenoxy) is 8. The molecule has 0 aromatic heterocycles. The molecular weight excluding hydrogens is 1170 g/mol. The van der Waals surface area contributed by atoms with Gasteiger partial charge in [-0.05, 0) is 80.0 Å². The number of aliphatic hydroxyl groups is 5. The lowest BCUT2D eigenvalue weighted by Crippen LogP contribution is -2.81. The second-order valence-electron chi connectivity index (χ2n) is 26.1. The zero-order chi connectivity index (χ0) is 64.3. The van der Waals surface area contributed by atoms with Crippen LogP contribution in [-0.4, -0.2) is 174 Å². The summed E-state index contributed by atoms with van der Waals surface area (Å²) in [6.45, 7) is 17.4. The molecule has 2 aromatic rings. The minimum absolute atomic E-state index is 0.110. The number of ketones is 2. The molecule has 23 heteroatoms. The summed E-state index contributed by atoms with van der Waals surface area (Å²) in [7, 11) is 0. The van der Waals surface area contributed by atoms with E-state index in [1.165, 1.54) is 51.6 Å². The van der Waals surface area contributed by atoms with Gasteiger partial charge in [0.2, 0.25) is 0 Å². The zero-order valence-corrected chi connectivity index (χ0v) is 52.7. The van der Waals surface area contributed by atoms with Crippen molar-refractivity contribution < 1.29 is 102 Å². The molecule has 5 N–H and O–H groups in total. The van der Waals surface area contributed by atoms with Gasteiger partial charge in [-0.15, -0.1) is 11.8 Å². The summed E-state index contributed by atoms with van der Waals surface area (Å²) < 4.78 is 48.2. The van der Waals surface area contributed by atoms with Gasteiger partial charge in [-0.2, -0.15) is 0 Å². The molecular formula is C64H78O21S2. The molecule has 2 saturated heterocycles. The van der Waals surface area contributed by atoms with Gasteiger partial charge in [0.25, 0.3) is 0 Å². The van der Waals surface area contributed by atoms with Crippen LogP contribution in [0.3, 0.4) is 0 Å². The fourth-order valence-electron chi connectivity index (χ4n) is 16.3. The van der Waals surface area contributed by atoms with Gasteiger partial charge in [0.15, 0.2) is 35.0 Å². The van der Waals surface area contributed by atoms with E-state index >= 15 is 4.79 Å². The third-order valence-electron chi connectivity index (χ3n) is 20.9. The molecule has 2 heterocycles. The monoisotopic (exact) mass is 1250 g/mol. The summed E-state index contributed by atoms with van der Waals surface area (Å²) in [6, 6.07) is 16.3. The Bertz CT molecular complexity index is 3250. The van der Waals surface area contributed by atoms with Gasteiger partial charge in [0.1, 0.15) is 35.6 Å². The maximum atomic E-state index is 15.3. The maximum Gasteiger partial charge on any atom is 0.338 e. The molecule has 8 aliphatic rings. The number of hydrogen-bond donors (Lipinski definition) is 5. The number of Topliss-reactive ketones (excluding diaryl/α,β-unsaturated/α-hetero) is 2. The standard InChI is InChI=1S/C33H40O10S2.C31H38O11/c1-16-21(36)14-33(39)27(42-28(38)19-11-9-8-10-12-19)25-31(6,26(37)24(41-17(2)34)23(16)30(33,4)5)20(29(44)45-7)13-22-32(25,15-40-22)43-18(3)35;1-15-19(34)13-31(38)26(41-27(37)18-10-8-7-9-11-18)24-29(6,20(35)12-21-30(24,14-39-21)42-17(3)33)25(36)23(40-16(2)32)22(15)28(31,4)5/h8-12,20-22,24-25,27,36,39H,13-15H2,1-7H3;7-11,19-21,23-24,26,34-35,38H,12-14H2,1-6H3/t20-,21?,22?,24?,25?,27?,31-,32?,33?;19?,20?,21?,23?,24?,26?,29-,30?,31?/m11/s1. The molecule has 15 unspecified atom stereocenters. The Morgan fingerprint density at radius 2 is 0.931 bits per heavy atom. The summed E-state index contributed by atoms with van der Waals surface area (Å²) in [5.41, 5.74) is -12.2. The van der Waals surface area contributed by atoms with Gasteiger partial charge in [0.05, 0.1) is 64.1 Å². The molecule has 0 amide bonds. The van der Waals surface area contributed by atoms with E-state index in [0.29, 0.717) is 15.3 Å². The topological polar surface area (TPSA) is 312 Å². The van der Waals surface area contributed by atoms with Crippen LogP contribution in [0, 0.1) is 39.4 Å². The third kappa shape index (κ3) is 9.94. The van der Waals surface area contributed by atoms with Crippen LogP contribution in [0.15, 0.2) is 83.0 Å². The van der Waals surface area contributed by atoms with Crippen molar-refractivity contribution in [2.75, 3.05) is 19.5 Å². The molecule has 18 atom stereocenters. The molecule has 0 spiro atoms. The van der Waals surface area contributed by atoms with Crippen LogP contribution in [0.5, 0.6) is 0 Å². The molecule has 6 fully saturated rings. The molecule has 4 saturated carbocycles. The molecule has 21 nitrogen and oxygen atoms in total. The van der Waals surface area contributed by atoms with E-state index in [4.69, 9.17) is 50.1 Å². The number of hydrogen-bond acceptors (Lipinski definition) is 23. The number of esters is 6. The first-order valence-electron chi connectivity index (χ1n) is 29.1. The first-order chi connectivity index (χ1) is 40.5. The second-order valence-corrected chi connectivity index (χ2v) is 27.6. The summed E-state index contributed by atoms with van der Waals surface area (Å²) in [5, 5.41) is 60.3. The Labute approximate surface area is 514 Å². The number of aliphatic hydroxyl groups excluding tert-OH is 3.